The first-order valence-electron chi connectivity index (χ1n) is 2.86. The molecule has 9 heavy (non-hydrogen) atoms. The van der Waals surface area contributed by atoms with Crippen molar-refractivity contribution >= 4 is 6.21 Å². The Morgan fingerprint density at radius 2 is 2.33 bits per heavy atom. The maximum Gasteiger partial charge on any atom is 0.0441 e. The van der Waals surface area contributed by atoms with E-state index in [1.54, 1.807) is 12.4 Å². The number of hydrogen-bond acceptors (Lipinski definition) is 1. The molecule has 0 heterocycles. The average molecular weight is 121 g/mol. The molecule has 0 bridgehead atoms. The van der Waals surface area contributed by atoms with Crippen LogP contribution in [0.15, 0.2) is 16.8 Å². The van der Waals surface area contributed by atoms with E-state index < -0.39 is 0 Å². The number of rotatable bonds is 2. The van der Waals surface area contributed by atoms with Gasteiger partial charge in [0.05, 0.1) is 0 Å². The molecule has 0 spiro atoms. The molecule has 0 amide bonds. The van der Waals surface area contributed by atoms with Crippen LogP contribution in [0.5, 0.6) is 0 Å². The fourth-order valence-electron chi connectivity index (χ4n) is 0.307. The van der Waals surface area contributed by atoms with Crippen molar-refractivity contribution in [2.45, 2.75) is 20.3 Å². The van der Waals surface area contributed by atoms with Crippen LogP contribution in [0.3, 0.4) is 0 Å². The van der Waals surface area contributed by atoms with Gasteiger partial charge in [-0.05, 0) is 13.8 Å². The second-order valence-electron chi connectivity index (χ2n) is 1.95. The zero-order chi connectivity index (χ0) is 7.11. The average Bonchev–Trinajstić information content (AvgIpc) is 1.80. The minimum absolute atomic E-state index is 0.615. The van der Waals surface area contributed by atoms with E-state index in [-0.39, 0.29) is 0 Å². The molecule has 0 unspecified atom stereocenters. The fourth-order valence-corrected chi connectivity index (χ4v) is 0.307. The zero-order valence-corrected chi connectivity index (χ0v) is 5.89. The zero-order valence-electron chi connectivity index (χ0n) is 5.89. The van der Waals surface area contributed by atoms with Crippen molar-refractivity contribution in [2.24, 2.45) is 4.99 Å². The van der Waals surface area contributed by atoms with Gasteiger partial charge in [-0.15, -0.1) is 12.3 Å². The summed E-state index contributed by atoms with van der Waals surface area (Å²) >= 11 is 0. The van der Waals surface area contributed by atoms with Crippen molar-refractivity contribution in [1.82, 2.24) is 0 Å². The van der Waals surface area contributed by atoms with Gasteiger partial charge in [0, 0.05) is 18.8 Å². The molecule has 0 saturated heterocycles. The van der Waals surface area contributed by atoms with Crippen LogP contribution in [0.4, 0.5) is 0 Å². The third kappa shape index (κ3) is 6.97. The maximum atomic E-state index is 4.98. The molecule has 0 N–H and O–H groups in total. The molecule has 48 valence electrons. The minimum atomic E-state index is 0.615. The van der Waals surface area contributed by atoms with Crippen molar-refractivity contribution in [3.8, 4) is 12.3 Å². The third-order valence-electron chi connectivity index (χ3n) is 0.647. The van der Waals surface area contributed by atoms with Gasteiger partial charge in [0.15, 0.2) is 0 Å². The summed E-state index contributed by atoms with van der Waals surface area (Å²) in [5, 5.41) is 0. The smallest absolute Gasteiger partial charge is 0.0441 e. The van der Waals surface area contributed by atoms with Gasteiger partial charge >= 0.3 is 0 Å². The van der Waals surface area contributed by atoms with Gasteiger partial charge in [0.25, 0.3) is 0 Å². The summed E-state index contributed by atoms with van der Waals surface area (Å²) in [6.45, 7) is 3.99. The van der Waals surface area contributed by atoms with Gasteiger partial charge in [0.2, 0.25) is 0 Å². The number of nitrogens with zero attached hydrogens (tertiary/aromatic N) is 1. The Bertz CT molecular complexity index is 154. The third-order valence-corrected chi connectivity index (χ3v) is 0.647. The van der Waals surface area contributed by atoms with Crippen LogP contribution >= 0.6 is 0 Å². The minimum Gasteiger partial charge on any atom is -0.268 e. The molecule has 0 aliphatic carbocycles. The van der Waals surface area contributed by atoms with Crippen molar-refractivity contribution in [3.63, 3.8) is 0 Å². The van der Waals surface area contributed by atoms with Crippen LogP contribution in [0.1, 0.15) is 20.3 Å². The predicted molar refractivity (Wildman–Crippen MR) is 41.4 cm³/mol. The number of allylic oxidation sites excluding steroid dienone is 1. The monoisotopic (exact) mass is 121 g/mol. The summed E-state index contributed by atoms with van der Waals surface area (Å²) < 4.78 is 0. The van der Waals surface area contributed by atoms with E-state index in [4.69, 9.17) is 6.42 Å². The second-order valence-corrected chi connectivity index (χ2v) is 1.95. The Morgan fingerprint density at radius 1 is 1.67 bits per heavy atom. The van der Waals surface area contributed by atoms with Crippen LogP contribution in [-0.4, -0.2) is 6.21 Å². The Morgan fingerprint density at radius 3 is 2.78 bits per heavy atom. The lowest BCUT2D eigenvalue weighted by atomic mass is 10.4. The number of aliphatic imine (C=N–C) groups is 1. The van der Waals surface area contributed by atoms with E-state index in [9.17, 15) is 0 Å². The lowest BCUT2D eigenvalue weighted by molar-refractivity contribution is 1.33. The molecule has 0 aromatic heterocycles. The summed E-state index contributed by atoms with van der Waals surface area (Å²) in [4.78, 5) is 3.93. The topological polar surface area (TPSA) is 12.4 Å². The largest absolute Gasteiger partial charge is 0.268 e. The molecular weight excluding hydrogens is 110 g/mol. The van der Waals surface area contributed by atoms with E-state index in [1.807, 2.05) is 13.8 Å². The summed E-state index contributed by atoms with van der Waals surface area (Å²) in [7, 11) is 0. The number of hydrogen-bond donors (Lipinski definition) is 0. The van der Waals surface area contributed by atoms with Crippen LogP contribution in [0.2, 0.25) is 0 Å². The molecular formula is C8H11N. The SMILES string of the molecule is C#CCC=NC=C(C)C. The molecule has 1 heteroatoms. The molecule has 0 aromatic rings. The predicted octanol–water partition coefficient (Wildman–Crippen LogP) is 2.00. The fraction of sp³-hybridized carbons (Fsp3) is 0.375. The van der Waals surface area contributed by atoms with E-state index in [0.29, 0.717) is 6.42 Å². The van der Waals surface area contributed by atoms with Crippen molar-refractivity contribution < 1.29 is 0 Å². The normalized spacial score (nSPS) is 9.00. The molecule has 0 aliphatic rings. The van der Waals surface area contributed by atoms with Crippen LogP contribution < -0.4 is 0 Å². The van der Waals surface area contributed by atoms with Gasteiger partial charge in [0.1, 0.15) is 0 Å². The van der Waals surface area contributed by atoms with Gasteiger partial charge in [-0.25, -0.2) is 0 Å². The lowest BCUT2D eigenvalue weighted by Gasteiger charge is -1.80. The Hall–Kier alpha value is -1.03. The van der Waals surface area contributed by atoms with E-state index in [1.165, 1.54) is 5.57 Å². The highest BCUT2D eigenvalue weighted by atomic mass is 14.7. The standard InChI is InChI=1S/C8H11N/c1-4-5-6-9-7-8(2)3/h1,6-7H,5H2,2-3H3. The second kappa shape index (κ2) is 5.11. The molecule has 0 atom stereocenters. The van der Waals surface area contributed by atoms with Crippen LogP contribution in [0.25, 0.3) is 0 Å². The van der Waals surface area contributed by atoms with Gasteiger partial charge in [-0.3, -0.25) is 4.99 Å². The summed E-state index contributed by atoms with van der Waals surface area (Å²) in [5.74, 6) is 2.46. The van der Waals surface area contributed by atoms with Crippen molar-refractivity contribution in [3.05, 3.63) is 11.8 Å². The maximum absolute atomic E-state index is 4.98. The highest BCUT2D eigenvalue weighted by Crippen LogP contribution is 1.87. The van der Waals surface area contributed by atoms with Crippen LogP contribution in [-0.2, 0) is 0 Å². The molecule has 0 aliphatic heterocycles. The molecule has 1 nitrogen and oxygen atoms in total. The highest BCUT2D eigenvalue weighted by molar-refractivity contribution is 5.61. The first-order valence-corrected chi connectivity index (χ1v) is 2.86. The summed E-state index contributed by atoms with van der Waals surface area (Å²) in [6.07, 6.45) is 9.10. The Balaban J connectivity index is 3.51. The van der Waals surface area contributed by atoms with Gasteiger partial charge in [-0.2, -0.15) is 0 Å². The Labute approximate surface area is 56.5 Å². The molecule has 0 aromatic carbocycles. The quantitative estimate of drug-likeness (QED) is 0.391. The van der Waals surface area contributed by atoms with Crippen molar-refractivity contribution in [1.29, 1.82) is 0 Å². The van der Waals surface area contributed by atoms with E-state index >= 15 is 0 Å². The van der Waals surface area contributed by atoms with Gasteiger partial charge in [-0.1, -0.05) is 5.57 Å². The summed E-state index contributed by atoms with van der Waals surface area (Å²) in [6, 6.07) is 0. The molecule has 0 saturated carbocycles. The molecule has 0 fully saturated rings. The first-order chi connectivity index (χ1) is 4.27. The van der Waals surface area contributed by atoms with Crippen molar-refractivity contribution in [2.75, 3.05) is 0 Å². The van der Waals surface area contributed by atoms with Crippen LogP contribution in [0, 0.1) is 12.3 Å². The Kier molecular flexibility index (Phi) is 4.53. The highest BCUT2D eigenvalue weighted by Gasteiger charge is 1.69. The molecule has 0 radical (unpaired) electrons. The van der Waals surface area contributed by atoms with E-state index in [0.717, 1.165) is 0 Å². The summed E-state index contributed by atoms with van der Waals surface area (Å²) in [5.41, 5.74) is 1.18. The van der Waals surface area contributed by atoms with Gasteiger partial charge < -0.3 is 0 Å². The first kappa shape index (κ1) is 7.97. The molecule has 0 rings (SSSR count). The van der Waals surface area contributed by atoms with E-state index in [2.05, 4.69) is 10.9 Å². The lowest BCUT2D eigenvalue weighted by Crippen LogP contribution is -1.67. The number of terminal acetylenes is 1.